The minimum absolute atomic E-state index is 0. The molecule has 0 amide bonds. The maximum absolute atomic E-state index is 2.54. The molecule has 0 aromatic heterocycles. The maximum atomic E-state index is 2.54. The van der Waals surface area contributed by atoms with Crippen molar-refractivity contribution in [3.63, 3.8) is 0 Å². The van der Waals surface area contributed by atoms with E-state index in [0.717, 1.165) is 17.8 Å². The molecule has 0 heteroatoms. The predicted octanol–water partition coefficient (Wildman–Crippen LogP) is 8.23. The number of hydrogen-bond donors (Lipinski definition) is 0. The Balaban J connectivity index is 0.00000529. The highest BCUT2D eigenvalue weighted by Crippen LogP contribution is 2.60. The monoisotopic (exact) mass is 336 g/mol. The van der Waals surface area contributed by atoms with E-state index in [-0.39, 0.29) is 7.43 Å². The van der Waals surface area contributed by atoms with Gasteiger partial charge in [-0.3, -0.25) is 0 Å². The lowest BCUT2D eigenvalue weighted by Crippen LogP contribution is -2.41. The third kappa shape index (κ3) is 4.10. The minimum atomic E-state index is 0. The fraction of sp³-hybridized carbons (Fsp3) is 0.917. The highest BCUT2D eigenvalue weighted by atomic mass is 14.6. The second-order valence-corrected chi connectivity index (χ2v) is 10.4. The Bertz CT molecular complexity index is 408. The summed E-state index contributed by atoms with van der Waals surface area (Å²) in [5.74, 6) is 3.80. The van der Waals surface area contributed by atoms with Crippen LogP contribution in [-0.4, -0.2) is 0 Å². The van der Waals surface area contributed by atoms with Gasteiger partial charge in [0.2, 0.25) is 0 Å². The van der Waals surface area contributed by atoms with Gasteiger partial charge in [-0.05, 0) is 65.6 Å². The van der Waals surface area contributed by atoms with Crippen LogP contribution in [0.1, 0.15) is 96.4 Å². The van der Waals surface area contributed by atoms with Gasteiger partial charge in [0.25, 0.3) is 0 Å². The SMILES string of the molecule is C.C/C=C\C(C)C(C)C(C)(C)[C@H](C)C1CCC(C)(C(C)(C)C)C1C. The summed E-state index contributed by atoms with van der Waals surface area (Å²) in [6.07, 6.45) is 7.40. The summed E-state index contributed by atoms with van der Waals surface area (Å²) in [6, 6.07) is 0. The van der Waals surface area contributed by atoms with E-state index in [4.69, 9.17) is 0 Å². The first-order valence-electron chi connectivity index (χ1n) is 9.93. The summed E-state index contributed by atoms with van der Waals surface area (Å²) in [7, 11) is 0. The van der Waals surface area contributed by atoms with E-state index >= 15 is 0 Å². The summed E-state index contributed by atoms with van der Waals surface area (Å²) >= 11 is 0. The third-order valence-electron chi connectivity index (χ3n) is 8.63. The summed E-state index contributed by atoms with van der Waals surface area (Å²) in [4.78, 5) is 0. The molecule has 1 fully saturated rings. The van der Waals surface area contributed by atoms with Crippen LogP contribution in [-0.2, 0) is 0 Å². The van der Waals surface area contributed by atoms with Gasteiger partial charge in [-0.15, -0.1) is 0 Å². The maximum Gasteiger partial charge on any atom is -0.0231 e. The molecule has 144 valence electrons. The standard InChI is InChI=1S/C23H44.CH4/c1-12-13-16(2)17(3)22(9,10)18(4)20-14-15-23(11,19(20)5)21(6,7)8;/h12-13,16-20H,14-15H2,1-11H3;1H4/b13-12-;/t16?,17?,18-,19?,20?,23?;/m1./s1. The Morgan fingerprint density at radius 3 is 1.92 bits per heavy atom. The first-order valence-corrected chi connectivity index (χ1v) is 9.93. The van der Waals surface area contributed by atoms with E-state index in [9.17, 15) is 0 Å². The van der Waals surface area contributed by atoms with E-state index in [1.165, 1.54) is 12.8 Å². The average molecular weight is 337 g/mol. The number of allylic oxidation sites excluding steroid dienone is 2. The molecule has 0 heterocycles. The van der Waals surface area contributed by atoms with Crippen molar-refractivity contribution in [1.82, 2.24) is 0 Å². The van der Waals surface area contributed by atoms with Gasteiger partial charge in [0.1, 0.15) is 0 Å². The lowest BCUT2D eigenvalue weighted by molar-refractivity contribution is 0.0105. The number of rotatable bonds is 5. The van der Waals surface area contributed by atoms with Crippen LogP contribution in [0.15, 0.2) is 12.2 Å². The molecule has 5 unspecified atom stereocenters. The Hall–Kier alpha value is -0.260. The van der Waals surface area contributed by atoms with Crippen LogP contribution in [0.5, 0.6) is 0 Å². The van der Waals surface area contributed by atoms with Gasteiger partial charge in [-0.25, -0.2) is 0 Å². The van der Waals surface area contributed by atoms with Crippen molar-refractivity contribution < 1.29 is 0 Å². The predicted molar refractivity (Wildman–Crippen MR) is 112 cm³/mol. The van der Waals surface area contributed by atoms with E-state index in [1.54, 1.807) is 0 Å². The Morgan fingerprint density at radius 1 is 1.04 bits per heavy atom. The van der Waals surface area contributed by atoms with Gasteiger partial charge in [0.15, 0.2) is 0 Å². The zero-order valence-corrected chi connectivity index (χ0v) is 18.0. The molecule has 0 radical (unpaired) electrons. The molecule has 0 nitrogen and oxygen atoms in total. The van der Waals surface area contributed by atoms with Gasteiger partial charge >= 0.3 is 0 Å². The Labute approximate surface area is 154 Å². The molecule has 0 bridgehead atoms. The van der Waals surface area contributed by atoms with E-state index in [2.05, 4.69) is 88.3 Å². The molecule has 1 aliphatic carbocycles. The van der Waals surface area contributed by atoms with Crippen LogP contribution >= 0.6 is 0 Å². The molecule has 0 saturated heterocycles. The largest absolute Gasteiger partial charge is 0.0914 e. The van der Waals surface area contributed by atoms with Gasteiger partial charge < -0.3 is 0 Å². The molecule has 0 spiro atoms. The van der Waals surface area contributed by atoms with Crippen molar-refractivity contribution >= 4 is 0 Å². The molecule has 6 atom stereocenters. The molecule has 1 aliphatic rings. The van der Waals surface area contributed by atoms with E-state index in [1.807, 2.05) is 0 Å². The highest BCUT2D eigenvalue weighted by molar-refractivity contribution is 5.02. The van der Waals surface area contributed by atoms with Gasteiger partial charge in [-0.2, -0.15) is 0 Å². The van der Waals surface area contributed by atoms with Crippen LogP contribution in [0.3, 0.4) is 0 Å². The molecule has 1 rings (SSSR count). The molecule has 0 aliphatic heterocycles. The smallest absolute Gasteiger partial charge is 0.0231 e. The molecular weight excluding hydrogens is 288 g/mol. The van der Waals surface area contributed by atoms with Crippen molar-refractivity contribution in [3.8, 4) is 0 Å². The topological polar surface area (TPSA) is 0 Å². The molecule has 1 saturated carbocycles. The van der Waals surface area contributed by atoms with E-state index < -0.39 is 0 Å². The van der Waals surface area contributed by atoms with Gasteiger partial charge in [0.05, 0.1) is 0 Å². The first kappa shape index (κ1) is 23.7. The zero-order valence-electron chi connectivity index (χ0n) is 18.0. The second-order valence-electron chi connectivity index (χ2n) is 10.4. The van der Waals surface area contributed by atoms with Crippen LogP contribution in [0, 0.1) is 45.8 Å². The summed E-state index contributed by atoms with van der Waals surface area (Å²) in [6.45, 7) is 27.0. The second kappa shape index (κ2) is 7.96. The molecule has 0 N–H and O–H groups in total. The van der Waals surface area contributed by atoms with E-state index in [0.29, 0.717) is 28.1 Å². The van der Waals surface area contributed by atoms with Crippen molar-refractivity contribution in [2.24, 2.45) is 45.8 Å². The Kier molecular flexibility index (Phi) is 7.88. The van der Waals surface area contributed by atoms with Crippen LogP contribution in [0.2, 0.25) is 0 Å². The summed E-state index contributed by atoms with van der Waals surface area (Å²) in [5, 5.41) is 0. The fourth-order valence-corrected chi connectivity index (χ4v) is 5.27. The number of hydrogen-bond acceptors (Lipinski definition) is 0. The average Bonchev–Trinajstić information content (AvgIpc) is 2.74. The highest BCUT2D eigenvalue weighted by Gasteiger charge is 2.52. The Morgan fingerprint density at radius 2 is 1.54 bits per heavy atom. The zero-order chi connectivity index (χ0) is 18.2. The molecular formula is C24H48. The summed E-state index contributed by atoms with van der Waals surface area (Å²) < 4.78 is 0. The van der Waals surface area contributed by atoms with Crippen LogP contribution in [0.4, 0.5) is 0 Å². The lowest BCUT2D eigenvalue weighted by atomic mass is 9.57. The molecule has 0 aromatic carbocycles. The van der Waals surface area contributed by atoms with Crippen molar-refractivity contribution in [3.05, 3.63) is 12.2 Å². The van der Waals surface area contributed by atoms with Crippen LogP contribution < -0.4 is 0 Å². The van der Waals surface area contributed by atoms with Crippen molar-refractivity contribution in [2.45, 2.75) is 96.4 Å². The van der Waals surface area contributed by atoms with Crippen molar-refractivity contribution in [1.29, 1.82) is 0 Å². The molecule has 24 heavy (non-hydrogen) atoms. The first-order chi connectivity index (χ1) is 10.3. The van der Waals surface area contributed by atoms with Gasteiger partial charge in [-0.1, -0.05) is 88.8 Å². The van der Waals surface area contributed by atoms with Crippen LogP contribution in [0.25, 0.3) is 0 Å². The van der Waals surface area contributed by atoms with Crippen molar-refractivity contribution in [2.75, 3.05) is 0 Å². The minimum Gasteiger partial charge on any atom is -0.0914 e. The third-order valence-corrected chi connectivity index (χ3v) is 8.63. The summed E-state index contributed by atoms with van der Waals surface area (Å²) in [5.41, 5.74) is 1.25. The quantitative estimate of drug-likeness (QED) is 0.443. The normalized spacial score (nSPS) is 32.5. The fourth-order valence-electron chi connectivity index (χ4n) is 5.27. The van der Waals surface area contributed by atoms with Gasteiger partial charge in [0, 0.05) is 0 Å². The molecule has 0 aromatic rings. The lowest BCUT2D eigenvalue weighted by Gasteiger charge is -2.48.